The molecule has 6 nitrogen and oxygen atoms in total. The SMILES string of the molecule is COc1cccc(C2=C(OCCOC(=O)CBr)COC2=O)c1. The Balaban J connectivity index is 2.07. The van der Waals surface area contributed by atoms with Crippen LogP contribution in [0.1, 0.15) is 5.56 Å². The molecule has 1 aliphatic rings. The molecule has 0 spiro atoms. The minimum atomic E-state index is -0.444. The van der Waals surface area contributed by atoms with Gasteiger partial charge in [0, 0.05) is 0 Å². The zero-order valence-corrected chi connectivity index (χ0v) is 13.6. The van der Waals surface area contributed by atoms with Crippen molar-refractivity contribution < 1.29 is 28.5 Å². The van der Waals surface area contributed by atoms with Crippen LogP contribution in [0.3, 0.4) is 0 Å². The van der Waals surface area contributed by atoms with E-state index in [4.69, 9.17) is 18.9 Å². The number of alkyl halides is 1. The summed E-state index contributed by atoms with van der Waals surface area (Å²) in [5.41, 5.74) is 1.03. The van der Waals surface area contributed by atoms with Gasteiger partial charge in [-0.15, -0.1) is 0 Å². The van der Waals surface area contributed by atoms with Gasteiger partial charge in [0.15, 0.2) is 0 Å². The van der Waals surface area contributed by atoms with Crippen LogP contribution in [0.2, 0.25) is 0 Å². The summed E-state index contributed by atoms with van der Waals surface area (Å²) in [6.45, 7) is 0.323. The van der Waals surface area contributed by atoms with Gasteiger partial charge < -0.3 is 18.9 Å². The fourth-order valence-corrected chi connectivity index (χ4v) is 2.08. The fraction of sp³-hybridized carbons (Fsp3) is 0.333. The van der Waals surface area contributed by atoms with E-state index in [2.05, 4.69) is 15.9 Å². The van der Waals surface area contributed by atoms with Crippen molar-refractivity contribution in [3.8, 4) is 5.75 Å². The Kier molecular flexibility index (Phi) is 5.83. The van der Waals surface area contributed by atoms with Crippen LogP contribution in [0.25, 0.3) is 5.57 Å². The number of ether oxygens (including phenoxy) is 4. The molecule has 0 radical (unpaired) electrons. The van der Waals surface area contributed by atoms with Crippen molar-refractivity contribution in [2.45, 2.75) is 0 Å². The minimum Gasteiger partial charge on any atom is -0.497 e. The zero-order chi connectivity index (χ0) is 15.9. The molecule has 0 atom stereocenters. The first-order chi connectivity index (χ1) is 10.7. The van der Waals surface area contributed by atoms with Crippen LogP contribution in [0.4, 0.5) is 0 Å². The molecule has 0 fully saturated rings. The topological polar surface area (TPSA) is 71.1 Å². The van der Waals surface area contributed by atoms with E-state index < -0.39 is 5.97 Å². The predicted octanol–water partition coefficient (Wildman–Crippen LogP) is 1.92. The van der Waals surface area contributed by atoms with E-state index in [9.17, 15) is 9.59 Å². The second-order valence-corrected chi connectivity index (χ2v) is 4.87. The quantitative estimate of drug-likeness (QED) is 0.414. The molecule has 0 amide bonds. The summed E-state index contributed by atoms with van der Waals surface area (Å²) in [4.78, 5) is 22.9. The maximum absolute atomic E-state index is 11.9. The lowest BCUT2D eigenvalue weighted by Gasteiger charge is -2.08. The molecule has 22 heavy (non-hydrogen) atoms. The highest BCUT2D eigenvalue weighted by atomic mass is 79.9. The van der Waals surface area contributed by atoms with E-state index >= 15 is 0 Å². The molecule has 0 aromatic heterocycles. The average molecular weight is 371 g/mol. The first-order valence-corrected chi connectivity index (χ1v) is 7.67. The Morgan fingerprint density at radius 2 is 2.18 bits per heavy atom. The standard InChI is InChI=1S/C15H15BrO6/c1-19-11-4-2-3-10(7-11)14-12(9-22-15(14)18)20-5-6-21-13(17)8-16/h2-4,7H,5-6,8-9H2,1H3. The summed E-state index contributed by atoms with van der Waals surface area (Å²) in [5.74, 6) is 0.244. The van der Waals surface area contributed by atoms with Crippen LogP contribution in [0.15, 0.2) is 30.0 Å². The fourth-order valence-electron chi connectivity index (χ4n) is 1.92. The van der Waals surface area contributed by atoms with Gasteiger partial charge in [-0.25, -0.2) is 4.79 Å². The Morgan fingerprint density at radius 1 is 1.36 bits per heavy atom. The van der Waals surface area contributed by atoms with Gasteiger partial charge in [-0.2, -0.15) is 0 Å². The van der Waals surface area contributed by atoms with E-state index in [1.807, 2.05) is 0 Å². The Labute approximate surface area is 136 Å². The molecule has 1 aromatic rings. The molecular formula is C15H15BrO6. The highest BCUT2D eigenvalue weighted by molar-refractivity contribution is 9.09. The third-order valence-corrected chi connectivity index (χ3v) is 3.37. The zero-order valence-electron chi connectivity index (χ0n) is 12.0. The lowest BCUT2D eigenvalue weighted by molar-refractivity contribution is -0.141. The van der Waals surface area contributed by atoms with Gasteiger partial charge in [-0.3, -0.25) is 4.79 Å². The Bertz CT molecular complexity index is 595. The molecular weight excluding hydrogens is 356 g/mol. The molecule has 0 saturated carbocycles. The number of hydrogen-bond acceptors (Lipinski definition) is 6. The summed E-state index contributed by atoms with van der Waals surface area (Å²) in [6, 6.07) is 7.07. The monoisotopic (exact) mass is 370 g/mol. The molecule has 1 aliphatic heterocycles. The molecule has 2 rings (SSSR count). The molecule has 0 aliphatic carbocycles. The highest BCUT2D eigenvalue weighted by Gasteiger charge is 2.28. The predicted molar refractivity (Wildman–Crippen MR) is 81.6 cm³/mol. The van der Waals surface area contributed by atoms with Crippen molar-refractivity contribution in [2.75, 3.05) is 32.3 Å². The van der Waals surface area contributed by atoms with Crippen LogP contribution in [0.5, 0.6) is 5.75 Å². The largest absolute Gasteiger partial charge is 0.497 e. The number of halogens is 1. The number of carbonyl (C=O) groups excluding carboxylic acids is 2. The van der Waals surface area contributed by atoms with E-state index in [0.717, 1.165) is 0 Å². The maximum atomic E-state index is 11.9. The van der Waals surface area contributed by atoms with Gasteiger partial charge in [0.05, 0.1) is 7.11 Å². The second-order valence-electron chi connectivity index (χ2n) is 4.31. The summed E-state index contributed by atoms with van der Waals surface area (Å²) < 4.78 is 20.5. The number of benzene rings is 1. The number of methoxy groups -OCH3 is 1. The molecule has 1 heterocycles. The van der Waals surface area contributed by atoms with Gasteiger partial charge in [0.1, 0.15) is 42.2 Å². The molecule has 118 valence electrons. The van der Waals surface area contributed by atoms with E-state index in [-0.39, 0.29) is 31.1 Å². The molecule has 7 heteroatoms. The highest BCUT2D eigenvalue weighted by Crippen LogP contribution is 2.29. The third-order valence-electron chi connectivity index (χ3n) is 2.91. The normalized spacial score (nSPS) is 13.8. The van der Waals surface area contributed by atoms with E-state index in [1.165, 1.54) is 0 Å². The molecule has 0 unspecified atom stereocenters. The van der Waals surface area contributed by atoms with Crippen LogP contribution >= 0.6 is 15.9 Å². The van der Waals surface area contributed by atoms with Crippen LogP contribution in [0, 0.1) is 0 Å². The average Bonchev–Trinajstić information content (AvgIpc) is 2.92. The number of hydrogen-bond donors (Lipinski definition) is 0. The van der Waals surface area contributed by atoms with Crippen LogP contribution in [-0.2, 0) is 23.8 Å². The minimum absolute atomic E-state index is 0.0672. The van der Waals surface area contributed by atoms with E-state index in [0.29, 0.717) is 22.6 Å². The maximum Gasteiger partial charge on any atom is 0.342 e. The first-order valence-electron chi connectivity index (χ1n) is 6.54. The Morgan fingerprint density at radius 3 is 2.91 bits per heavy atom. The number of cyclic esters (lactones) is 1. The lowest BCUT2D eigenvalue weighted by atomic mass is 10.1. The van der Waals surface area contributed by atoms with Crippen molar-refractivity contribution in [1.29, 1.82) is 0 Å². The molecule has 0 bridgehead atoms. The van der Waals surface area contributed by atoms with Gasteiger partial charge in [0.25, 0.3) is 0 Å². The van der Waals surface area contributed by atoms with Crippen LogP contribution in [-0.4, -0.2) is 44.2 Å². The van der Waals surface area contributed by atoms with Gasteiger partial charge in [0.2, 0.25) is 0 Å². The van der Waals surface area contributed by atoms with Gasteiger partial charge >= 0.3 is 11.9 Å². The summed E-state index contributed by atoms with van der Waals surface area (Å²) in [6.07, 6.45) is 0. The molecule has 1 aromatic carbocycles. The van der Waals surface area contributed by atoms with E-state index in [1.54, 1.807) is 31.4 Å². The Hall–Kier alpha value is -2.02. The summed E-state index contributed by atoms with van der Waals surface area (Å²) in [5, 5.41) is 0.131. The number of esters is 2. The van der Waals surface area contributed by atoms with Crippen molar-refractivity contribution >= 4 is 33.4 Å². The number of carbonyl (C=O) groups is 2. The molecule has 0 saturated heterocycles. The van der Waals surface area contributed by atoms with Crippen LogP contribution < -0.4 is 4.74 Å². The van der Waals surface area contributed by atoms with Crippen molar-refractivity contribution in [1.82, 2.24) is 0 Å². The van der Waals surface area contributed by atoms with Gasteiger partial charge in [-0.1, -0.05) is 28.1 Å². The number of rotatable bonds is 7. The second kappa shape index (κ2) is 7.84. The van der Waals surface area contributed by atoms with Gasteiger partial charge in [-0.05, 0) is 17.7 Å². The van der Waals surface area contributed by atoms with Crippen molar-refractivity contribution in [2.24, 2.45) is 0 Å². The third kappa shape index (κ3) is 4.00. The first kappa shape index (κ1) is 16.4. The lowest BCUT2D eigenvalue weighted by Crippen LogP contribution is -2.11. The van der Waals surface area contributed by atoms with Crippen molar-refractivity contribution in [3.05, 3.63) is 35.6 Å². The summed E-state index contributed by atoms with van der Waals surface area (Å²) >= 11 is 2.99. The molecule has 0 N–H and O–H groups in total. The summed E-state index contributed by atoms with van der Waals surface area (Å²) in [7, 11) is 1.55. The van der Waals surface area contributed by atoms with Crippen molar-refractivity contribution in [3.63, 3.8) is 0 Å². The smallest absolute Gasteiger partial charge is 0.342 e.